The summed E-state index contributed by atoms with van der Waals surface area (Å²) >= 11 is 0. The first-order valence-corrected chi connectivity index (χ1v) is 14.3. The number of aliphatic carboxylic acids is 1. The van der Waals surface area contributed by atoms with E-state index in [0.717, 1.165) is 0 Å². The van der Waals surface area contributed by atoms with Crippen LogP contribution in [0.15, 0.2) is 54.5 Å². The van der Waals surface area contributed by atoms with Gasteiger partial charge in [0.05, 0.1) is 18.1 Å². The summed E-state index contributed by atoms with van der Waals surface area (Å²) in [5.74, 6) is -1.92. The van der Waals surface area contributed by atoms with Crippen LogP contribution in [0.4, 0.5) is 5.69 Å². The zero-order chi connectivity index (χ0) is 23.9. The number of rotatable bonds is 7. The maximum Gasteiger partial charge on any atom is 0.352 e. The fraction of sp³-hybridized carbons (Fsp3) is 0.333. The Hall–Kier alpha value is -3.30. The Morgan fingerprint density at radius 2 is 1.79 bits per heavy atom. The number of pyridine rings is 1. The molecule has 1 saturated heterocycles. The summed E-state index contributed by atoms with van der Waals surface area (Å²) in [7, 11) is -1.84. The van der Waals surface area contributed by atoms with Crippen molar-refractivity contribution >= 4 is 37.4 Å². The number of aromatic nitrogens is 1. The molecule has 3 heterocycles. The van der Waals surface area contributed by atoms with Gasteiger partial charge in [-0.25, -0.2) is 4.79 Å². The van der Waals surface area contributed by atoms with Crippen molar-refractivity contribution in [3.8, 4) is 0 Å². The zero-order valence-electron chi connectivity index (χ0n) is 19.0. The van der Waals surface area contributed by atoms with Crippen molar-refractivity contribution in [1.82, 2.24) is 9.88 Å². The molecule has 2 aliphatic rings. The van der Waals surface area contributed by atoms with Gasteiger partial charge in [-0.05, 0) is 68.4 Å². The number of hydrogen-bond acceptors (Lipinski definition) is 5. The largest absolute Gasteiger partial charge is 0.477 e. The van der Waals surface area contributed by atoms with Crippen molar-refractivity contribution in [2.75, 3.05) is 5.32 Å². The molecule has 0 unspecified atom stereocenters. The van der Waals surface area contributed by atoms with Gasteiger partial charge in [-0.15, -0.1) is 0 Å². The number of carboxylic acid groups (broad SMARTS) is 1. The first-order valence-electron chi connectivity index (χ1n) is 10.9. The van der Waals surface area contributed by atoms with E-state index in [1.807, 2.05) is 6.92 Å². The number of benzene rings is 1. The highest BCUT2D eigenvalue weighted by molar-refractivity contribution is 6.69. The van der Waals surface area contributed by atoms with Gasteiger partial charge in [-0.3, -0.25) is 14.6 Å². The minimum atomic E-state index is -1.84. The Morgan fingerprint density at radius 1 is 1.15 bits per heavy atom. The van der Waals surface area contributed by atoms with Gasteiger partial charge >= 0.3 is 5.97 Å². The molecule has 172 valence electrons. The Labute approximate surface area is 193 Å². The van der Waals surface area contributed by atoms with E-state index in [-0.39, 0.29) is 35.6 Å². The van der Waals surface area contributed by atoms with Gasteiger partial charge in [0.2, 0.25) is 5.91 Å². The number of anilines is 1. The van der Waals surface area contributed by atoms with Gasteiger partial charge in [-0.2, -0.15) is 0 Å². The number of β-lactam (4-membered cyclic amide) rings is 1. The minimum Gasteiger partial charge on any atom is -0.477 e. The van der Waals surface area contributed by atoms with Crippen LogP contribution >= 0.6 is 0 Å². The van der Waals surface area contributed by atoms with Crippen LogP contribution in [0.1, 0.15) is 29.3 Å². The van der Waals surface area contributed by atoms with Crippen LogP contribution in [-0.2, 0) is 14.0 Å². The number of fused-ring (bicyclic) bond motifs is 1. The van der Waals surface area contributed by atoms with Gasteiger partial charge in [-0.1, -0.05) is 12.1 Å². The fourth-order valence-electron chi connectivity index (χ4n) is 4.61. The quantitative estimate of drug-likeness (QED) is 0.478. The average molecular weight is 466 g/mol. The topological polar surface area (TPSA) is 109 Å². The molecule has 2 N–H and O–H groups in total. The number of carbonyl (C=O) groups is 3. The molecule has 1 fully saturated rings. The summed E-state index contributed by atoms with van der Waals surface area (Å²) in [5.41, 5.74) is 2.45. The second-order valence-corrected chi connectivity index (χ2v) is 13.8. The predicted molar refractivity (Wildman–Crippen MR) is 126 cm³/mol. The third-order valence-corrected chi connectivity index (χ3v) is 6.97. The highest BCUT2D eigenvalue weighted by Gasteiger charge is 2.57. The maximum atomic E-state index is 12.9. The smallest absolute Gasteiger partial charge is 0.352 e. The molecular formula is C24H27N3O5Si. The molecule has 2 amide bonds. The fourth-order valence-corrected chi connectivity index (χ4v) is 5.87. The van der Waals surface area contributed by atoms with E-state index in [0.29, 0.717) is 28.8 Å². The molecule has 0 radical (unpaired) electrons. The monoisotopic (exact) mass is 465 g/mol. The van der Waals surface area contributed by atoms with E-state index in [9.17, 15) is 19.5 Å². The predicted octanol–water partition coefficient (Wildman–Crippen LogP) is 3.60. The molecule has 1 aromatic heterocycles. The molecule has 9 heteroatoms. The van der Waals surface area contributed by atoms with Crippen LogP contribution in [0.25, 0.3) is 5.57 Å². The molecule has 1 aromatic carbocycles. The molecule has 0 aliphatic carbocycles. The minimum absolute atomic E-state index is 0.0371. The lowest BCUT2D eigenvalue weighted by atomic mass is 9.82. The Bertz CT molecular complexity index is 1130. The Balaban J connectivity index is 1.53. The van der Waals surface area contributed by atoms with Gasteiger partial charge < -0.3 is 19.7 Å². The summed E-state index contributed by atoms with van der Waals surface area (Å²) in [6.45, 7) is 8.11. The Kier molecular flexibility index (Phi) is 5.94. The number of carboxylic acids is 1. The van der Waals surface area contributed by atoms with Crippen LogP contribution in [0.5, 0.6) is 0 Å². The summed E-state index contributed by atoms with van der Waals surface area (Å²) < 4.78 is 6.13. The molecule has 2 aromatic rings. The number of amides is 2. The highest BCUT2D eigenvalue weighted by atomic mass is 28.4. The summed E-state index contributed by atoms with van der Waals surface area (Å²) in [6, 6.07) is 10.0. The van der Waals surface area contributed by atoms with Crippen LogP contribution in [0.2, 0.25) is 19.6 Å². The third-order valence-electron chi connectivity index (χ3n) is 5.89. The molecular weight excluding hydrogens is 438 g/mol. The first-order chi connectivity index (χ1) is 15.6. The first kappa shape index (κ1) is 22.9. The molecule has 0 spiro atoms. The molecule has 8 nitrogen and oxygen atoms in total. The van der Waals surface area contributed by atoms with Crippen molar-refractivity contribution in [3.05, 3.63) is 65.6 Å². The summed E-state index contributed by atoms with van der Waals surface area (Å²) in [4.78, 5) is 42.6. The van der Waals surface area contributed by atoms with Crippen LogP contribution < -0.4 is 5.32 Å². The molecule has 2 aliphatic heterocycles. The van der Waals surface area contributed by atoms with Crippen LogP contribution in [-0.4, -0.2) is 53.2 Å². The third kappa shape index (κ3) is 4.46. The van der Waals surface area contributed by atoms with E-state index in [1.54, 1.807) is 48.8 Å². The van der Waals surface area contributed by atoms with Crippen LogP contribution in [0.3, 0.4) is 0 Å². The van der Waals surface area contributed by atoms with Gasteiger partial charge in [0.1, 0.15) is 5.70 Å². The lowest BCUT2D eigenvalue weighted by Crippen LogP contribution is -2.63. The SMILES string of the molecule is C[C@@H](O[Si](C)(C)C)[C@H]1C(=O)N2C(C(=O)O)=C(c3ccc(NC(=O)c4ccncc4)cc3)C[C@H]12. The molecule has 3 atom stereocenters. The number of nitrogens with zero attached hydrogens (tertiary/aromatic N) is 2. The summed E-state index contributed by atoms with van der Waals surface area (Å²) in [5, 5.41) is 12.7. The van der Waals surface area contributed by atoms with E-state index >= 15 is 0 Å². The highest BCUT2D eigenvalue weighted by Crippen LogP contribution is 2.47. The molecule has 33 heavy (non-hydrogen) atoms. The summed E-state index contributed by atoms with van der Waals surface area (Å²) in [6.07, 6.45) is 3.29. The second-order valence-electron chi connectivity index (χ2n) is 9.34. The lowest BCUT2D eigenvalue weighted by Gasteiger charge is -2.47. The molecule has 4 rings (SSSR count). The number of hydrogen-bond donors (Lipinski definition) is 2. The van der Waals surface area contributed by atoms with Gasteiger partial charge in [0, 0.05) is 23.6 Å². The standard InChI is InChI=1S/C24H27N3O5Si/c1-14(32-33(2,3)4)20-19-13-18(21(24(30)31)27(19)23(20)29)15-5-7-17(8-6-15)26-22(28)16-9-11-25-12-10-16/h5-12,14,19-20H,13H2,1-4H3,(H,26,28)(H,30,31)/t14-,19-,20-/m1/s1. The Morgan fingerprint density at radius 3 is 2.36 bits per heavy atom. The zero-order valence-corrected chi connectivity index (χ0v) is 20.0. The van der Waals surface area contributed by atoms with Crippen molar-refractivity contribution in [2.45, 2.75) is 45.1 Å². The van der Waals surface area contributed by atoms with Crippen molar-refractivity contribution in [3.63, 3.8) is 0 Å². The second kappa shape index (κ2) is 8.57. The average Bonchev–Trinajstić information content (AvgIpc) is 3.09. The molecule has 0 bridgehead atoms. The maximum absolute atomic E-state index is 12.9. The lowest BCUT2D eigenvalue weighted by molar-refractivity contribution is -0.160. The molecule has 0 saturated carbocycles. The normalized spacial score (nSPS) is 20.8. The number of nitrogens with one attached hydrogen (secondary N) is 1. The van der Waals surface area contributed by atoms with Crippen LogP contribution in [0, 0.1) is 5.92 Å². The van der Waals surface area contributed by atoms with E-state index in [4.69, 9.17) is 4.43 Å². The van der Waals surface area contributed by atoms with Crippen molar-refractivity contribution in [2.24, 2.45) is 5.92 Å². The number of carbonyl (C=O) groups excluding carboxylic acids is 2. The van der Waals surface area contributed by atoms with Gasteiger partial charge in [0.15, 0.2) is 8.32 Å². The van der Waals surface area contributed by atoms with Gasteiger partial charge in [0.25, 0.3) is 5.91 Å². The van der Waals surface area contributed by atoms with Crippen molar-refractivity contribution < 1.29 is 23.9 Å². The van der Waals surface area contributed by atoms with E-state index in [2.05, 4.69) is 29.9 Å². The van der Waals surface area contributed by atoms with Crippen molar-refractivity contribution in [1.29, 1.82) is 0 Å². The van der Waals surface area contributed by atoms with E-state index in [1.165, 1.54) is 4.90 Å². The van der Waals surface area contributed by atoms with E-state index < -0.39 is 14.3 Å².